The van der Waals surface area contributed by atoms with Gasteiger partial charge in [0.15, 0.2) is 0 Å². The molecule has 1 aromatic heterocycles. The number of rotatable bonds is 9. The fraction of sp³-hybridized carbons (Fsp3) is 0.182. The zero-order valence-corrected chi connectivity index (χ0v) is 15.1. The van der Waals surface area contributed by atoms with E-state index in [4.69, 9.17) is 4.74 Å². The van der Waals surface area contributed by atoms with Crippen LogP contribution in [0.15, 0.2) is 79.0 Å². The van der Waals surface area contributed by atoms with Crippen LogP contribution in [0.5, 0.6) is 5.75 Å². The Morgan fingerprint density at radius 2 is 1.70 bits per heavy atom. The molecule has 0 spiro atoms. The summed E-state index contributed by atoms with van der Waals surface area (Å²) in [5.74, 6) is 0.746. The van der Waals surface area contributed by atoms with Crippen molar-refractivity contribution >= 4 is 11.6 Å². The van der Waals surface area contributed by atoms with E-state index in [1.165, 1.54) is 0 Å². The molecule has 2 N–H and O–H groups in total. The molecule has 3 rings (SSSR count). The van der Waals surface area contributed by atoms with Gasteiger partial charge in [-0.3, -0.25) is 9.78 Å². The zero-order chi connectivity index (χ0) is 18.7. The van der Waals surface area contributed by atoms with Crippen LogP contribution in [0.1, 0.15) is 17.7 Å². The van der Waals surface area contributed by atoms with Crippen LogP contribution >= 0.6 is 0 Å². The second-order valence-corrected chi connectivity index (χ2v) is 6.09. The van der Waals surface area contributed by atoms with Gasteiger partial charge in [0, 0.05) is 31.4 Å². The number of carbonyl (C=O) groups excluding carboxylic acids is 1. The van der Waals surface area contributed by atoms with E-state index in [-0.39, 0.29) is 5.91 Å². The minimum Gasteiger partial charge on any atom is -0.489 e. The number of benzene rings is 2. The van der Waals surface area contributed by atoms with Gasteiger partial charge in [0.1, 0.15) is 12.4 Å². The number of anilines is 1. The normalized spacial score (nSPS) is 10.4. The van der Waals surface area contributed by atoms with Crippen molar-refractivity contribution in [3.05, 3.63) is 90.3 Å². The summed E-state index contributed by atoms with van der Waals surface area (Å²) in [6, 6.07) is 23.2. The summed E-state index contributed by atoms with van der Waals surface area (Å²) in [7, 11) is 0. The zero-order valence-electron chi connectivity index (χ0n) is 15.1. The van der Waals surface area contributed by atoms with Gasteiger partial charge >= 0.3 is 0 Å². The third-order valence-electron chi connectivity index (χ3n) is 3.95. The topological polar surface area (TPSA) is 63.2 Å². The Morgan fingerprint density at radius 3 is 2.44 bits per heavy atom. The molecule has 138 valence electrons. The van der Waals surface area contributed by atoms with Crippen LogP contribution < -0.4 is 15.4 Å². The van der Waals surface area contributed by atoms with Gasteiger partial charge in [-0.2, -0.15) is 0 Å². The lowest BCUT2D eigenvalue weighted by molar-refractivity contribution is -0.116. The van der Waals surface area contributed by atoms with E-state index in [9.17, 15) is 4.79 Å². The molecule has 0 fully saturated rings. The van der Waals surface area contributed by atoms with Gasteiger partial charge in [0.25, 0.3) is 0 Å². The third-order valence-corrected chi connectivity index (χ3v) is 3.95. The summed E-state index contributed by atoms with van der Waals surface area (Å²) in [5, 5.41) is 6.11. The Labute approximate surface area is 159 Å². The van der Waals surface area contributed by atoms with Gasteiger partial charge in [-0.15, -0.1) is 0 Å². The summed E-state index contributed by atoms with van der Waals surface area (Å²) in [4.78, 5) is 16.3. The summed E-state index contributed by atoms with van der Waals surface area (Å²) >= 11 is 0. The van der Waals surface area contributed by atoms with Crippen LogP contribution in [0.2, 0.25) is 0 Å². The number of aromatic nitrogens is 1. The molecular formula is C22H23N3O2. The molecule has 1 heterocycles. The van der Waals surface area contributed by atoms with E-state index in [0.717, 1.165) is 22.7 Å². The van der Waals surface area contributed by atoms with E-state index in [1.807, 2.05) is 72.8 Å². The molecule has 0 saturated carbocycles. The average Bonchev–Trinajstić information content (AvgIpc) is 2.72. The van der Waals surface area contributed by atoms with Crippen molar-refractivity contribution in [3.8, 4) is 5.75 Å². The maximum Gasteiger partial charge on any atom is 0.225 e. The lowest BCUT2D eigenvalue weighted by atomic mass is 10.2. The Balaban J connectivity index is 1.36. The maximum absolute atomic E-state index is 12.0. The van der Waals surface area contributed by atoms with Crippen molar-refractivity contribution in [2.45, 2.75) is 19.6 Å². The van der Waals surface area contributed by atoms with Crippen molar-refractivity contribution in [1.82, 2.24) is 10.3 Å². The number of hydrogen-bond donors (Lipinski definition) is 2. The van der Waals surface area contributed by atoms with E-state index in [0.29, 0.717) is 26.1 Å². The van der Waals surface area contributed by atoms with Gasteiger partial charge in [0.2, 0.25) is 5.91 Å². The highest BCUT2D eigenvalue weighted by Gasteiger charge is 2.03. The molecule has 27 heavy (non-hydrogen) atoms. The Morgan fingerprint density at radius 1 is 0.926 bits per heavy atom. The largest absolute Gasteiger partial charge is 0.489 e. The number of nitrogens with one attached hydrogen (secondary N) is 2. The van der Waals surface area contributed by atoms with Crippen LogP contribution in [0.3, 0.4) is 0 Å². The summed E-state index contributed by atoms with van der Waals surface area (Å²) < 4.78 is 5.74. The number of nitrogens with zero attached hydrogens (tertiary/aromatic N) is 1. The molecule has 0 bridgehead atoms. The van der Waals surface area contributed by atoms with Gasteiger partial charge in [-0.25, -0.2) is 0 Å². The summed E-state index contributed by atoms with van der Waals surface area (Å²) in [5.41, 5.74) is 2.84. The van der Waals surface area contributed by atoms with Crippen LogP contribution in [-0.2, 0) is 17.9 Å². The second kappa shape index (κ2) is 10.1. The quantitative estimate of drug-likeness (QED) is 0.570. The first kappa shape index (κ1) is 18.6. The number of amides is 1. The van der Waals surface area contributed by atoms with Crippen LogP contribution in [-0.4, -0.2) is 17.4 Å². The summed E-state index contributed by atoms with van der Waals surface area (Å²) in [6.07, 6.45) is 2.16. The van der Waals surface area contributed by atoms with Crippen molar-refractivity contribution in [1.29, 1.82) is 0 Å². The maximum atomic E-state index is 12.0. The standard InChI is InChI=1S/C22H23N3O2/c26-22(13-15-23-16-20-8-4-5-14-24-20)25-19-9-11-21(12-10-19)27-17-18-6-2-1-3-7-18/h1-12,14,23H,13,15-17H2,(H,25,26). The van der Waals surface area contributed by atoms with Crippen molar-refractivity contribution in [2.24, 2.45) is 0 Å². The number of ether oxygens (including phenoxy) is 1. The molecule has 0 aliphatic rings. The lowest BCUT2D eigenvalue weighted by Crippen LogP contribution is -2.21. The molecule has 3 aromatic rings. The second-order valence-electron chi connectivity index (χ2n) is 6.09. The molecule has 0 saturated heterocycles. The summed E-state index contributed by atoms with van der Waals surface area (Å²) in [6.45, 7) is 1.77. The van der Waals surface area contributed by atoms with Gasteiger partial charge < -0.3 is 15.4 Å². The number of pyridine rings is 1. The van der Waals surface area contributed by atoms with Gasteiger partial charge in [-0.1, -0.05) is 36.4 Å². The molecule has 0 aliphatic carbocycles. The number of carbonyl (C=O) groups is 1. The van der Waals surface area contributed by atoms with Crippen LogP contribution in [0.25, 0.3) is 0 Å². The Hall–Kier alpha value is -3.18. The van der Waals surface area contributed by atoms with Gasteiger partial charge in [-0.05, 0) is 42.0 Å². The molecule has 5 heteroatoms. The lowest BCUT2D eigenvalue weighted by Gasteiger charge is -2.09. The highest BCUT2D eigenvalue weighted by molar-refractivity contribution is 5.90. The molecular weight excluding hydrogens is 338 g/mol. The van der Waals surface area contributed by atoms with E-state index < -0.39 is 0 Å². The molecule has 2 aromatic carbocycles. The predicted molar refractivity (Wildman–Crippen MR) is 106 cm³/mol. The van der Waals surface area contributed by atoms with Crippen molar-refractivity contribution in [2.75, 3.05) is 11.9 Å². The van der Waals surface area contributed by atoms with E-state index in [2.05, 4.69) is 15.6 Å². The SMILES string of the molecule is O=C(CCNCc1ccccn1)Nc1ccc(OCc2ccccc2)cc1. The predicted octanol–water partition coefficient (Wildman–Crippen LogP) is 3.78. The smallest absolute Gasteiger partial charge is 0.225 e. The molecule has 5 nitrogen and oxygen atoms in total. The Kier molecular flexibility index (Phi) is 6.95. The molecule has 0 unspecified atom stereocenters. The first-order valence-electron chi connectivity index (χ1n) is 8.97. The number of hydrogen-bond acceptors (Lipinski definition) is 4. The van der Waals surface area contributed by atoms with Crippen molar-refractivity contribution < 1.29 is 9.53 Å². The van der Waals surface area contributed by atoms with Crippen LogP contribution in [0.4, 0.5) is 5.69 Å². The highest BCUT2D eigenvalue weighted by Crippen LogP contribution is 2.17. The first-order chi connectivity index (χ1) is 13.3. The molecule has 0 atom stereocenters. The first-order valence-corrected chi connectivity index (χ1v) is 8.97. The molecule has 0 aliphatic heterocycles. The fourth-order valence-electron chi connectivity index (χ4n) is 2.52. The van der Waals surface area contributed by atoms with E-state index >= 15 is 0 Å². The minimum absolute atomic E-state index is 0.0264. The fourth-order valence-corrected chi connectivity index (χ4v) is 2.52. The minimum atomic E-state index is -0.0264. The van der Waals surface area contributed by atoms with E-state index in [1.54, 1.807) is 6.20 Å². The van der Waals surface area contributed by atoms with Crippen LogP contribution in [0, 0.1) is 0 Å². The monoisotopic (exact) mass is 361 g/mol. The molecule has 0 radical (unpaired) electrons. The highest BCUT2D eigenvalue weighted by atomic mass is 16.5. The molecule has 1 amide bonds. The van der Waals surface area contributed by atoms with Crippen molar-refractivity contribution in [3.63, 3.8) is 0 Å². The third kappa shape index (κ3) is 6.56. The van der Waals surface area contributed by atoms with Gasteiger partial charge in [0.05, 0.1) is 5.69 Å². The Bertz CT molecular complexity index is 821. The average molecular weight is 361 g/mol.